The van der Waals surface area contributed by atoms with Crippen molar-refractivity contribution in [3.8, 4) is 0 Å². The lowest BCUT2D eigenvalue weighted by Gasteiger charge is -2.20. The number of rotatable bonds is 7. The predicted molar refractivity (Wildman–Crippen MR) is 142 cm³/mol. The third-order valence-electron chi connectivity index (χ3n) is 5.54. The van der Waals surface area contributed by atoms with E-state index in [0.717, 1.165) is 15.8 Å². The molecule has 0 aliphatic heterocycles. The van der Waals surface area contributed by atoms with Crippen LogP contribution in [-0.4, -0.2) is 29.7 Å². The maximum atomic E-state index is 13.2. The molecule has 0 fully saturated rings. The lowest BCUT2D eigenvalue weighted by molar-refractivity contribution is 0.0997. The zero-order valence-corrected chi connectivity index (χ0v) is 22.3. The van der Waals surface area contributed by atoms with E-state index in [1.54, 1.807) is 13.0 Å². The van der Waals surface area contributed by atoms with Crippen molar-refractivity contribution in [2.45, 2.75) is 31.8 Å². The fourth-order valence-electron chi connectivity index (χ4n) is 3.71. The van der Waals surface area contributed by atoms with Gasteiger partial charge in [-0.25, -0.2) is 8.42 Å². The van der Waals surface area contributed by atoms with E-state index in [1.807, 2.05) is 47.9 Å². The molecule has 0 bridgehead atoms. The molecule has 4 rings (SSSR count). The van der Waals surface area contributed by atoms with Gasteiger partial charge in [0.1, 0.15) is 0 Å². The van der Waals surface area contributed by atoms with Crippen molar-refractivity contribution in [3.05, 3.63) is 92.7 Å². The molecule has 10 heteroatoms. The molecule has 0 aliphatic rings. The van der Waals surface area contributed by atoms with Crippen LogP contribution >= 0.6 is 34.5 Å². The van der Waals surface area contributed by atoms with E-state index in [4.69, 9.17) is 23.2 Å². The van der Waals surface area contributed by atoms with Crippen LogP contribution in [0.15, 0.2) is 76.6 Å². The fourth-order valence-corrected chi connectivity index (χ4v) is 6.72. The average Bonchev–Trinajstić information content (AvgIpc) is 3.23. The smallest absolute Gasteiger partial charge is 0.279 e. The van der Waals surface area contributed by atoms with Gasteiger partial charge in [0.25, 0.3) is 5.91 Å². The maximum Gasteiger partial charge on any atom is 0.279 e. The van der Waals surface area contributed by atoms with E-state index in [-0.39, 0.29) is 11.4 Å². The first kappa shape index (κ1) is 25.6. The number of carbonyl (C=O) groups excluding carboxylic acids is 1. The lowest BCUT2D eigenvalue weighted by atomic mass is 10.2. The van der Waals surface area contributed by atoms with Gasteiger partial charge in [0.15, 0.2) is 4.80 Å². The summed E-state index contributed by atoms with van der Waals surface area (Å²) in [5.74, 6) is -0.471. The molecule has 1 amide bonds. The van der Waals surface area contributed by atoms with Crippen LogP contribution < -0.4 is 4.80 Å². The Bertz CT molecular complexity index is 1540. The first-order chi connectivity index (χ1) is 16.8. The molecular formula is C25H23Cl2N3O3S2. The Morgan fingerprint density at radius 2 is 1.69 bits per heavy atom. The maximum absolute atomic E-state index is 13.2. The molecule has 0 saturated heterocycles. The Morgan fingerprint density at radius 1 is 1.00 bits per heavy atom. The number of aryl methyl sites for hydroxylation is 1. The minimum absolute atomic E-state index is 0.124. The molecule has 0 unspecified atom stereocenters. The van der Waals surface area contributed by atoms with Gasteiger partial charge in [-0.1, -0.05) is 71.8 Å². The van der Waals surface area contributed by atoms with Crippen LogP contribution in [-0.2, 0) is 23.1 Å². The van der Waals surface area contributed by atoms with Gasteiger partial charge in [-0.05, 0) is 48.9 Å². The molecule has 0 aliphatic carbocycles. The molecule has 1 aromatic heterocycles. The zero-order chi connectivity index (χ0) is 25.2. The van der Waals surface area contributed by atoms with Crippen LogP contribution in [0.5, 0.6) is 0 Å². The number of nitrogens with zero attached hydrogens (tertiary/aromatic N) is 3. The van der Waals surface area contributed by atoms with E-state index in [9.17, 15) is 13.2 Å². The normalized spacial score (nSPS) is 12.5. The van der Waals surface area contributed by atoms with Gasteiger partial charge in [0, 0.05) is 25.2 Å². The van der Waals surface area contributed by atoms with Crippen molar-refractivity contribution in [3.63, 3.8) is 0 Å². The van der Waals surface area contributed by atoms with Gasteiger partial charge < -0.3 is 4.57 Å². The Labute approximate surface area is 218 Å². The van der Waals surface area contributed by atoms with Crippen LogP contribution in [0.4, 0.5) is 0 Å². The molecule has 3 aromatic carbocycles. The van der Waals surface area contributed by atoms with Crippen molar-refractivity contribution in [1.29, 1.82) is 0 Å². The number of benzene rings is 3. The molecule has 1 heterocycles. The lowest BCUT2D eigenvalue weighted by Crippen LogP contribution is -2.30. The van der Waals surface area contributed by atoms with E-state index in [1.165, 1.54) is 39.9 Å². The van der Waals surface area contributed by atoms with Crippen molar-refractivity contribution < 1.29 is 13.2 Å². The highest BCUT2D eigenvalue weighted by atomic mass is 35.5. The van der Waals surface area contributed by atoms with Crippen molar-refractivity contribution in [2.75, 3.05) is 6.54 Å². The number of sulfonamides is 1. The standard InChI is InChI=1S/C25H23Cl2N3O3S2/c1-3-29(16-17-8-6-5-7-9-17)35(32,33)19-12-10-18(11-13-19)24(31)28-25-30(4-2)23-21(34-25)15-14-20(26)22(23)27/h5-15H,3-4,16H2,1-2H3. The number of aromatic nitrogens is 1. The third-order valence-corrected chi connectivity index (χ3v) is 9.31. The van der Waals surface area contributed by atoms with Crippen molar-refractivity contribution >= 4 is 60.7 Å². The van der Waals surface area contributed by atoms with Gasteiger partial charge in [-0.3, -0.25) is 4.79 Å². The summed E-state index contributed by atoms with van der Waals surface area (Å²) in [7, 11) is -3.73. The van der Waals surface area contributed by atoms with E-state index >= 15 is 0 Å². The molecule has 0 radical (unpaired) electrons. The molecule has 0 saturated carbocycles. The second-order valence-corrected chi connectivity index (χ2v) is 11.4. The number of carbonyl (C=O) groups is 1. The van der Waals surface area contributed by atoms with Crippen LogP contribution in [0, 0.1) is 0 Å². The van der Waals surface area contributed by atoms with Gasteiger partial charge in [0.05, 0.1) is 25.2 Å². The Hall–Kier alpha value is -2.49. The number of amides is 1. The second kappa shape index (κ2) is 10.6. The number of thiazole rings is 1. The summed E-state index contributed by atoms with van der Waals surface area (Å²) in [5, 5.41) is 0.851. The van der Waals surface area contributed by atoms with Crippen molar-refractivity contribution in [2.24, 2.45) is 4.99 Å². The fraction of sp³-hybridized carbons (Fsp3) is 0.200. The first-order valence-corrected chi connectivity index (χ1v) is 14.0. The van der Waals surface area contributed by atoms with E-state index in [2.05, 4.69) is 4.99 Å². The van der Waals surface area contributed by atoms with Crippen LogP contribution in [0.1, 0.15) is 29.8 Å². The summed E-state index contributed by atoms with van der Waals surface area (Å²) < 4.78 is 30.5. The van der Waals surface area contributed by atoms with Gasteiger partial charge >= 0.3 is 0 Å². The van der Waals surface area contributed by atoms with Crippen LogP contribution in [0.2, 0.25) is 10.0 Å². The zero-order valence-electron chi connectivity index (χ0n) is 19.1. The molecule has 6 nitrogen and oxygen atoms in total. The molecule has 35 heavy (non-hydrogen) atoms. The van der Waals surface area contributed by atoms with E-state index in [0.29, 0.717) is 33.5 Å². The molecule has 0 N–H and O–H groups in total. The highest BCUT2D eigenvalue weighted by Gasteiger charge is 2.23. The minimum atomic E-state index is -3.73. The third kappa shape index (κ3) is 5.22. The summed E-state index contributed by atoms with van der Waals surface area (Å²) in [4.78, 5) is 17.8. The van der Waals surface area contributed by atoms with E-state index < -0.39 is 15.9 Å². The average molecular weight is 549 g/mol. The summed E-state index contributed by atoms with van der Waals surface area (Å²) in [5.41, 5.74) is 1.93. The number of hydrogen-bond acceptors (Lipinski definition) is 4. The van der Waals surface area contributed by atoms with Crippen LogP contribution in [0.3, 0.4) is 0 Å². The molecular weight excluding hydrogens is 525 g/mol. The SMILES string of the molecule is CCN(Cc1ccccc1)S(=O)(=O)c1ccc(C(=O)N=c2sc3ccc(Cl)c(Cl)c3n2CC)cc1. The molecule has 182 valence electrons. The summed E-state index contributed by atoms with van der Waals surface area (Å²) in [6, 6.07) is 18.8. The van der Waals surface area contributed by atoms with Gasteiger partial charge in [0.2, 0.25) is 10.0 Å². The number of halogens is 2. The summed E-state index contributed by atoms with van der Waals surface area (Å²) in [6.07, 6.45) is 0. The van der Waals surface area contributed by atoms with Gasteiger partial charge in [-0.15, -0.1) is 0 Å². The monoisotopic (exact) mass is 547 g/mol. The summed E-state index contributed by atoms with van der Waals surface area (Å²) >= 11 is 13.9. The second-order valence-electron chi connectivity index (χ2n) is 7.70. The van der Waals surface area contributed by atoms with Crippen molar-refractivity contribution in [1.82, 2.24) is 8.87 Å². The Kier molecular flexibility index (Phi) is 7.78. The van der Waals surface area contributed by atoms with Gasteiger partial charge in [-0.2, -0.15) is 9.30 Å². The highest BCUT2D eigenvalue weighted by molar-refractivity contribution is 7.89. The predicted octanol–water partition coefficient (Wildman–Crippen LogP) is 5.98. The number of fused-ring (bicyclic) bond motifs is 1. The topological polar surface area (TPSA) is 71.7 Å². The molecule has 0 atom stereocenters. The quantitative estimate of drug-likeness (QED) is 0.285. The highest BCUT2D eigenvalue weighted by Crippen LogP contribution is 2.32. The Balaban J connectivity index is 1.63. The molecule has 0 spiro atoms. The molecule has 4 aromatic rings. The minimum Gasteiger partial charge on any atom is -0.315 e. The summed E-state index contributed by atoms with van der Waals surface area (Å²) in [6.45, 7) is 4.87. The number of hydrogen-bond donors (Lipinski definition) is 0. The Morgan fingerprint density at radius 3 is 2.31 bits per heavy atom. The van der Waals surface area contributed by atoms with Crippen LogP contribution in [0.25, 0.3) is 10.2 Å². The largest absolute Gasteiger partial charge is 0.315 e. The first-order valence-electron chi connectivity index (χ1n) is 11.0.